The quantitative estimate of drug-likeness (QED) is 0.698. The van der Waals surface area contributed by atoms with Crippen molar-refractivity contribution in [3.63, 3.8) is 0 Å². The second-order valence-corrected chi connectivity index (χ2v) is 7.68. The average Bonchev–Trinajstić information content (AvgIpc) is 3.06. The van der Waals surface area contributed by atoms with Crippen molar-refractivity contribution in [2.75, 3.05) is 0 Å². The highest BCUT2D eigenvalue weighted by Crippen LogP contribution is 2.61. The summed E-state index contributed by atoms with van der Waals surface area (Å²) in [4.78, 5) is 0. The summed E-state index contributed by atoms with van der Waals surface area (Å²) in [7, 11) is 0. The third kappa shape index (κ3) is 2.03. The summed E-state index contributed by atoms with van der Waals surface area (Å²) in [5.41, 5.74) is 5.29. The molecule has 2 aromatic rings. The van der Waals surface area contributed by atoms with Crippen LogP contribution in [-0.4, -0.2) is 9.78 Å². The van der Waals surface area contributed by atoms with E-state index in [2.05, 4.69) is 37.7 Å². The van der Waals surface area contributed by atoms with Gasteiger partial charge in [-0.15, -0.1) is 6.58 Å². The zero-order valence-corrected chi connectivity index (χ0v) is 14.3. The lowest BCUT2D eigenvalue weighted by Crippen LogP contribution is -2.36. The van der Waals surface area contributed by atoms with Crippen LogP contribution in [0.4, 0.5) is 4.39 Å². The lowest BCUT2D eigenvalue weighted by atomic mass is 9.60. The molecule has 2 aliphatic carbocycles. The molecule has 1 heterocycles. The highest BCUT2D eigenvalue weighted by molar-refractivity contribution is 5.62. The summed E-state index contributed by atoms with van der Waals surface area (Å²) in [6.07, 6.45) is 10.8. The number of nitrogens with zero attached hydrogens (tertiary/aromatic N) is 2. The number of aromatic nitrogens is 2. The molecule has 24 heavy (non-hydrogen) atoms. The highest BCUT2D eigenvalue weighted by Gasteiger charge is 2.52. The number of benzene rings is 1. The van der Waals surface area contributed by atoms with E-state index in [0.29, 0.717) is 0 Å². The van der Waals surface area contributed by atoms with Crippen LogP contribution in [0.2, 0.25) is 0 Å². The van der Waals surface area contributed by atoms with Gasteiger partial charge in [0.2, 0.25) is 0 Å². The van der Waals surface area contributed by atoms with Crippen LogP contribution in [0.25, 0.3) is 11.8 Å². The van der Waals surface area contributed by atoms with Gasteiger partial charge in [-0.1, -0.05) is 25.5 Å². The van der Waals surface area contributed by atoms with Gasteiger partial charge in [0.1, 0.15) is 5.82 Å². The van der Waals surface area contributed by atoms with E-state index in [-0.39, 0.29) is 16.6 Å². The van der Waals surface area contributed by atoms with E-state index in [0.717, 1.165) is 30.6 Å². The van der Waals surface area contributed by atoms with Crippen LogP contribution in [-0.2, 0) is 6.42 Å². The van der Waals surface area contributed by atoms with E-state index in [9.17, 15) is 4.39 Å². The number of rotatable bonds is 3. The van der Waals surface area contributed by atoms with Crippen molar-refractivity contribution >= 4 is 6.08 Å². The van der Waals surface area contributed by atoms with Gasteiger partial charge in [0.15, 0.2) is 0 Å². The molecule has 2 aliphatic rings. The Hall–Kier alpha value is -2.16. The fourth-order valence-corrected chi connectivity index (χ4v) is 4.57. The van der Waals surface area contributed by atoms with Gasteiger partial charge in [-0.2, -0.15) is 5.10 Å². The number of allylic oxidation sites excluding steroid dienone is 2. The molecule has 0 aliphatic heterocycles. The molecule has 1 fully saturated rings. The first kappa shape index (κ1) is 15.4. The summed E-state index contributed by atoms with van der Waals surface area (Å²) in [6, 6.07) is 6.54. The van der Waals surface area contributed by atoms with Crippen LogP contribution >= 0.6 is 0 Å². The van der Waals surface area contributed by atoms with Gasteiger partial charge < -0.3 is 0 Å². The minimum absolute atomic E-state index is 0.171. The fraction of sp³-hybridized carbons (Fsp3) is 0.381. The number of fused-ring (bicyclic) bond motifs is 2. The van der Waals surface area contributed by atoms with Crippen molar-refractivity contribution in [1.82, 2.24) is 9.78 Å². The molecule has 0 bridgehead atoms. The zero-order chi connectivity index (χ0) is 16.9. The Morgan fingerprint density at radius 2 is 2.04 bits per heavy atom. The molecule has 4 rings (SSSR count). The van der Waals surface area contributed by atoms with Crippen molar-refractivity contribution < 1.29 is 4.39 Å². The predicted octanol–water partition coefficient (Wildman–Crippen LogP) is 5.33. The van der Waals surface area contributed by atoms with Gasteiger partial charge in [-0.25, -0.2) is 9.07 Å². The van der Waals surface area contributed by atoms with Crippen LogP contribution in [0.1, 0.15) is 44.4 Å². The summed E-state index contributed by atoms with van der Waals surface area (Å²) in [5, 5.41) is 4.58. The number of hydrogen-bond donors (Lipinski definition) is 0. The normalized spacial score (nSPS) is 28.2. The third-order valence-corrected chi connectivity index (χ3v) is 6.39. The molecular weight excluding hydrogens is 299 g/mol. The molecule has 2 atom stereocenters. The molecule has 2 nitrogen and oxygen atoms in total. The maximum Gasteiger partial charge on any atom is 0.123 e. The maximum atomic E-state index is 13.2. The van der Waals surface area contributed by atoms with Crippen LogP contribution in [0.15, 0.2) is 48.7 Å². The monoisotopic (exact) mass is 322 g/mol. The van der Waals surface area contributed by atoms with Crippen molar-refractivity contribution in [3.05, 3.63) is 65.8 Å². The lowest BCUT2D eigenvalue weighted by molar-refractivity contribution is 0.142. The zero-order valence-electron chi connectivity index (χ0n) is 14.3. The molecule has 1 aromatic heterocycles. The molecule has 0 spiro atoms. The minimum atomic E-state index is -0.221. The molecule has 0 saturated heterocycles. The van der Waals surface area contributed by atoms with Gasteiger partial charge in [-0.3, -0.25) is 0 Å². The first-order valence-electron chi connectivity index (χ1n) is 8.62. The van der Waals surface area contributed by atoms with Crippen LogP contribution in [0, 0.1) is 16.6 Å². The summed E-state index contributed by atoms with van der Waals surface area (Å²) in [6.45, 7) is 8.76. The standard InChI is InChI=1S/C21H23FN2/c1-4-10-20(2)11-9-16-12-19-15(13-21(16,20)3)14-23-24(19)18-7-5-17(22)6-8-18/h4-8,12,14H,1,9-11,13H2,2-3H3/t20-,21+/m1/s1. The molecular formula is C21H23FN2. The number of halogens is 1. The summed E-state index contributed by atoms with van der Waals surface area (Å²) in [5.74, 6) is -0.221. The van der Waals surface area contributed by atoms with Gasteiger partial charge in [0, 0.05) is 0 Å². The SMILES string of the molecule is C=CC[C@]1(C)CCC2=Cc3c(cnn3-c3ccc(F)cc3)C[C@@]21C. The summed E-state index contributed by atoms with van der Waals surface area (Å²) >= 11 is 0. The Bertz CT molecular complexity index is 830. The smallest absolute Gasteiger partial charge is 0.123 e. The first-order chi connectivity index (χ1) is 11.5. The second kappa shape index (κ2) is 5.17. The van der Waals surface area contributed by atoms with Gasteiger partial charge in [-0.05, 0) is 72.4 Å². The lowest BCUT2D eigenvalue weighted by Gasteiger charge is -2.43. The fourth-order valence-electron chi connectivity index (χ4n) is 4.57. The first-order valence-corrected chi connectivity index (χ1v) is 8.62. The van der Waals surface area contributed by atoms with Gasteiger partial charge in [0.25, 0.3) is 0 Å². The molecule has 0 amide bonds. The van der Waals surface area contributed by atoms with E-state index in [1.807, 2.05) is 10.9 Å². The van der Waals surface area contributed by atoms with Crippen LogP contribution in [0.5, 0.6) is 0 Å². The predicted molar refractivity (Wildman–Crippen MR) is 95.5 cm³/mol. The number of hydrogen-bond acceptors (Lipinski definition) is 1. The van der Waals surface area contributed by atoms with Crippen LogP contribution < -0.4 is 0 Å². The second-order valence-electron chi connectivity index (χ2n) is 7.68. The van der Waals surface area contributed by atoms with Crippen molar-refractivity contribution in [2.45, 2.75) is 39.5 Å². The van der Waals surface area contributed by atoms with Crippen molar-refractivity contribution in [1.29, 1.82) is 0 Å². The molecule has 3 heteroatoms. The minimum Gasteiger partial charge on any atom is -0.233 e. The van der Waals surface area contributed by atoms with Crippen LogP contribution in [0.3, 0.4) is 0 Å². The molecule has 1 saturated carbocycles. The topological polar surface area (TPSA) is 17.8 Å². The Kier molecular flexibility index (Phi) is 3.31. The molecule has 0 radical (unpaired) electrons. The summed E-state index contributed by atoms with van der Waals surface area (Å²) < 4.78 is 15.1. The van der Waals surface area contributed by atoms with Gasteiger partial charge >= 0.3 is 0 Å². The van der Waals surface area contributed by atoms with Crippen molar-refractivity contribution in [2.24, 2.45) is 10.8 Å². The Labute approximate surface area is 142 Å². The molecule has 1 aromatic carbocycles. The molecule has 124 valence electrons. The Morgan fingerprint density at radius 1 is 1.29 bits per heavy atom. The van der Waals surface area contributed by atoms with E-state index in [1.165, 1.54) is 29.7 Å². The maximum absolute atomic E-state index is 13.2. The average molecular weight is 322 g/mol. The Balaban J connectivity index is 1.78. The largest absolute Gasteiger partial charge is 0.233 e. The highest BCUT2D eigenvalue weighted by atomic mass is 19.1. The van der Waals surface area contributed by atoms with Gasteiger partial charge in [0.05, 0.1) is 17.6 Å². The molecule has 0 N–H and O–H groups in total. The van der Waals surface area contributed by atoms with E-state index >= 15 is 0 Å². The Morgan fingerprint density at radius 3 is 2.75 bits per heavy atom. The van der Waals surface area contributed by atoms with Crippen molar-refractivity contribution in [3.8, 4) is 5.69 Å². The van der Waals surface area contributed by atoms with E-state index in [4.69, 9.17) is 0 Å². The van der Waals surface area contributed by atoms with E-state index < -0.39 is 0 Å². The van der Waals surface area contributed by atoms with E-state index in [1.54, 1.807) is 12.1 Å². The molecule has 0 unspecified atom stereocenters. The third-order valence-electron chi connectivity index (χ3n) is 6.39.